The van der Waals surface area contributed by atoms with Crippen LogP contribution in [0.25, 0.3) is 0 Å². The van der Waals surface area contributed by atoms with Crippen molar-refractivity contribution in [3.63, 3.8) is 0 Å². The molecule has 0 spiro atoms. The number of nitriles is 1. The van der Waals surface area contributed by atoms with Gasteiger partial charge in [0.1, 0.15) is 6.10 Å². The van der Waals surface area contributed by atoms with Gasteiger partial charge in [-0.3, -0.25) is 4.18 Å². The molecule has 1 aliphatic heterocycles. The van der Waals surface area contributed by atoms with Gasteiger partial charge in [0.2, 0.25) is 5.79 Å². The van der Waals surface area contributed by atoms with E-state index >= 15 is 0 Å². The molecule has 2 unspecified atom stereocenters. The van der Waals surface area contributed by atoms with Crippen LogP contribution in [0.3, 0.4) is 0 Å². The van der Waals surface area contributed by atoms with E-state index < -0.39 is 22.0 Å². The number of ether oxygens (including phenoxy) is 2. The number of aromatic nitrogens is 2. The van der Waals surface area contributed by atoms with Gasteiger partial charge in [-0.15, -0.1) is 0 Å². The Morgan fingerprint density at radius 2 is 2.20 bits per heavy atom. The minimum absolute atomic E-state index is 0.124. The Kier molecular flexibility index (Phi) is 4.87. The number of hydrogen-bond donors (Lipinski definition) is 0. The van der Waals surface area contributed by atoms with Gasteiger partial charge in [-0.1, -0.05) is 12.1 Å². The van der Waals surface area contributed by atoms with Crippen molar-refractivity contribution in [2.45, 2.75) is 18.4 Å². The predicted molar refractivity (Wildman–Crippen MR) is 86.7 cm³/mol. The molecule has 132 valence electrons. The lowest BCUT2D eigenvalue weighted by molar-refractivity contribution is -0.189. The quantitative estimate of drug-likeness (QED) is 0.705. The van der Waals surface area contributed by atoms with Crippen molar-refractivity contribution in [1.82, 2.24) is 9.55 Å². The lowest BCUT2D eigenvalue weighted by Crippen LogP contribution is -2.34. The molecule has 25 heavy (non-hydrogen) atoms. The van der Waals surface area contributed by atoms with E-state index in [-0.39, 0.29) is 13.2 Å². The van der Waals surface area contributed by atoms with Crippen LogP contribution in [0.2, 0.25) is 0 Å². The number of hydrogen-bond acceptors (Lipinski definition) is 7. The van der Waals surface area contributed by atoms with E-state index in [0.717, 1.165) is 11.8 Å². The van der Waals surface area contributed by atoms with Gasteiger partial charge in [0.25, 0.3) is 10.1 Å². The van der Waals surface area contributed by atoms with Crippen molar-refractivity contribution in [2.24, 2.45) is 0 Å². The van der Waals surface area contributed by atoms with Crippen molar-refractivity contribution < 1.29 is 22.1 Å². The van der Waals surface area contributed by atoms with Crippen LogP contribution in [-0.4, -0.2) is 43.5 Å². The maximum absolute atomic E-state index is 11.2. The zero-order valence-corrected chi connectivity index (χ0v) is 14.3. The average molecular weight is 363 g/mol. The molecule has 0 bridgehead atoms. The minimum Gasteiger partial charge on any atom is -0.342 e. The van der Waals surface area contributed by atoms with E-state index in [9.17, 15) is 8.42 Å². The molecule has 0 aliphatic carbocycles. The molecule has 1 aromatic heterocycles. The molecule has 9 heteroatoms. The topological polar surface area (TPSA) is 103 Å². The Morgan fingerprint density at radius 3 is 2.80 bits per heavy atom. The molecule has 2 aromatic rings. The lowest BCUT2D eigenvalue weighted by Gasteiger charge is -2.29. The first-order valence-electron chi connectivity index (χ1n) is 7.53. The third kappa shape index (κ3) is 4.24. The third-order valence-corrected chi connectivity index (χ3v) is 4.30. The molecular formula is C16H17N3O5S. The summed E-state index contributed by atoms with van der Waals surface area (Å²) in [5.74, 6) is -1.11. The highest BCUT2D eigenvalue weighted by Crippen LogP contribution is 2.36. The molecule has 2 atom stereocenters. The minimum atomic E-state index is -3.56. The van der Waals surface area contributed by atoms with Crippen molar-refractivity contribution in [2.75, 3.05) is 19.5 Å². The maximum atomic E-state index is 11.2. The molecule has 0 N–H and O–H groups in total. The summed E-state index contributed by atoms with van der Waals surface area (Å²) in [6, 6.07) is 8.94. The molecular weight excluding hydrogens is 346 g/mol. The summed E-state index contributed by atoms with van der Waals surface area (Å²) < 4.78 is 40.9. The number of rotatable bonds is 6. The van der Waals surface area contributed by atoms with Crippen LogP contribution in [0, 0.1) is 11.3 Å². The van der Waals surface area contributed by atoms with Gasteiger partial charge in [0.15, 0.2) is 0 Å². The predicted octanol–water partition coefficient (Wildman–Crippen LogP) is 0.999. The Labute approximate surface area is 145 Å². The second-order valence-corrected chi connectivity index (χ2v) is 7.36. The molecule has 8 nitrogen and oxygen atoms in total. The fourth-order valence-corrected chi connectivity index (χ4v) is 2.99. The van der Waals surface area contributed by atoms with Gasteiger partial charge >= 0.3 is 0 Å². The summed E-state index contributed by atoms with van der Waals surface area (Å²) in [5, 5.41) is 8.96. The molecule has 1 aromatic carbocycles. The lowest BCUT2D eigenvalue weighted by atomic mass is 10.0. The number of imidazole rings is 1. The van der Waals surface area contributed by atoms with Crippen molar-refractivity contribution in [3.8, 4) is 6.07 Å². The van der Waals surface area contributed by atoms with Crippen molar-refractivity contribution >= 4 is 10.1 Å². The molecule has 3 rings (SSSR count). The zero-order valence-electron chi connectivity index (χ0n) is 13.5. The fourth-order valence-electron chi connectivity index (χ4n) is 2.59. The molecule has 0 amide bonds. The number of nitrogens with zero attached hydrogens (tertiary/aromatic N) is 3. The van der Waals surface area contributed by atoms with Gasteiger partial charge in [-0.2, -0.15) is 13.7 Å². The van der Waals surface area contributed by atoms with E-state index in [1.165, 1.54) is 0 Å². The van der Waals surface area contributed by atoms with Gasteiger partial charge in [-0.25, -0.2) is 4.98 Å². The standard InChI is InChI=1S/C16H17N3O5S/c1-25(20,21)23-10-15-9-22-16(24-15,11-19-7-6-18-12-19)14-4-2-13(8-17)3-5-14/h2-7,12,15H,9-11H2,1H3. The average Bonchev–Trinajstić information content (AvgIpc) is 3.23. The molecule has 1 saturated heterocycles. The highest BCUT2D eigenvalue weighted by molar-refractivity contribution is 7.85. The van der Waals surface area contributed by atoms with E-state index in [0.29, 0.717) is 12.1 Å². The third-order valence-electron chi connectivity index (χ3n) is 3.73. The second kappa shape index (κ2) is 6.93. The van der Waals surface area contributed by atoms with Gasteiger partial charge in [0, 0.05) is 18.0 Å². The molecule has 0 radical (unpaired) electrons. The highest BCUT2D eigenvalue weighted by atomic mass is 32.2. The summed E-state index contributed by atoms with van der Waals surface area (Å²) in [5.41, 5.74) is 1.25. The van der Waals surface area contributed by atoms with E-state index in [4.69, 9.17) is 18.9 Å². The van der Waals surface area contributed by atoms with Gasteiger partial charge < -0.3 is 14.0 Å². The first-order chi connectivity index (χ1) is 11.9. The van der Waals surface area contributed by atoms with Crippen LogP contribution >= 0.6 is 0 Å². The van der Waals surface area contributed by atoms with Crippen LogP contribution in [0.5, 0.6) is 0 Å². The summed E-state index contributed by atoms with van der Waals surface area (Å²) >= 11 is 0. The SMILES string of the molecule is CS(=O)(=O)OCC1COC(Cn2ccnc2)(c2ccc(C#N)cc2)O1. The summed E-state index contributed by atoms with van der Waals surface area (Å²) in [6.45, 7) is 0.388. The molecule has 0 saturated carbocycles. The smallest absolute Gasteiger partial charge is 0.264 e. The van der Waals surface area contributed by atoms with Crippen LogP contribution in [0.1, 0.15) is 11.1 Å². The first-order valence-corrected chi connectivity index (χ1v) is 9.34. The highest BCUT2D eigenvalue weighted by Gasteiger charge is 2.44. The fraction of sp³-hybridized carbons (Fsp3) is 0.375. The zero-order chi connectivity index (χ0) is 17.9. The van der Waals surface area contributed by atoms with Gasteiger partial charge in [-0.05, 0) is 12.1 Å². The summed E-state index contributed by atoms with van der Waals surface area (Å²) in [7, 11) is -3.56. The van der Waals surface area contributed by atoms with Crippen LogP contribution in [0.4, 0.5) is 0 Å². The molecule has 2 heterocycles. The second-order valence-electron chi connectivity index (χ2n) is 5.72. The van der Waals surface area contributed by atoms with Crippen LogP contribution in [-0.2, 0) is 36.1 Å². The van der Waals surface area contributed by atoms with E-state index in [2.05, 4.69) is 11.1 Å². The Bertz CT molecular complexity index is 858. The summed E-state index contributed by atoms with van der Waals surface area (Å²) in [6.07, 6.45) is 5.51. The van der Waals surface area contributed by atoms with Crippen LogP contribution < -0.4 is 0 Å². The van der Waals surface area contributed by atoms with Crippen LogP contribution in [0.15, 0.2) is 43.0 Å². The van der Waals surface area contributed by atoms with Crippen molar-refractivity contribution in [1.29, 1.82) is 5.26 Å². The Balaban J connectivity index is 1.84. The maximum Gasteiger partial charge on any atom is 0.264 e. The molecule has 1 fully saturated rings. The van der Waals surface area contributed by atoms with Crippen molar-refractivity contribution in [3.05, 3.63) is 54.1 Å². The van der Waals surface area contributed by atoms with E-state index in [1.54, 1.807) is 47.6 Å². The Morgan fingerprint density at radius 1 is 1.44 bits per heavy atom. The van der Waals surface area contributed by atoms with E-state index in [1.807, 2.05) is 0 Å². The first kappa shape index (κ1) is 17.6. The summed E-state index contributed by atoms with van der Waals surface area (Å²) in [4.78, 5) is 4.01. The molecule has 1 aliphatic rings. The monoisotopic (exact) mass is 363 g/mol. The normalized spacial score (nSPS) is 23.4. The Hall–Kier alpha value is -2.25. The largest absolute Gasteiger partial charge is 0.342 e. The van der Waals surface area contributed by atoms with Gasteiger partial charge in [0.05, 0.1) is 44.0 Å². The number of benzene rings is 1.